The second-order valence-corrected chi connectivity index (χ2v) is 9.50. The van der Waals surface area contributed by atoms with Gasteiger partial charge in [-0.2, -0.15) is 0 Å². The van der Waals surface area contributed by atoms with Crippen molar-refractivity contribution in [3.05, 3.63) is 34.1 Å². The standard InChI is InChI=1S/C24H31N3O4S/c1-30-19-14-17-18(15-20(19)31-2)26-24(32-21-10-6-7-12-25-22(21)28)27(23(17)29)13-11-16-8-4-3-5-9-16/h8,14-15,21H,3-7,9-13H2,1-2H3,(H,25,28). The minimum atomic E-state index is -0.248. The van der Waals surface area contributed by atoms with Crippen molar-refractivity contribution in [1.29, 1.82) is 0 Å². The van der Waals surface area contributed by atoms with Gasteiger partial charge >= 0.3 is 0 Å². The highest BCUT2D eigenvalue weighted by Gasteiger charge is 2.25. The number of hydrogen-bond donors (Lipinski definition) is 1. The van der Waals surface area contributed by atoms with E-state index < -0.39 is 0 Å². The van der Waals surface area contributed by atoms with Crippen molar-refractivity contribution in [2.45, 2.75) is 68.3 Å². The average molecular weight is 458 g/mol. The quantitative estimate of drug-likeness (QED) is 0.499. The molecule has 1 unspecified atom stereocenters. The monoisotopic (exact) mass is 457 g/mol. The molecular weight excluding hydrogens is 426 g/mol. The first-order valence-electron chi connectivity index (χ1n) is 11.4. The lowest BCUT2D eigenvalue weighted by Gasteiger charge is -2.19. The molecule has 1 N–H and O–H groups in total. The van der Waals surface area contributed by atoms with E-state index in [1.54, 1.807) is 30.9 Å². The van der Waals surface area contributed by atoms with Crippen LogP contribution in [0.5, 0.6) is 11.5 Å². The first-order chi connectivity index (χ1) is 15.6. The molecule has 32 heavy (non-hydrogen) atoms. The van der Waals surface area contributed by atoms with E-state index in [2.05, 4.69) is 11.4 Å². The van der Waals surface area contributed by atoms with Crippen molar-refractivity contribution in [1.82, 2.24) is 14.9 Å². The number of nitrogens with one attached hydrogen (secondary N) is 1. The highest BCUT2D eigenvalue weighted by Crippen LogP contribution is 2.33. The third-order valence-electron chi connectivity index (χ3n) is 6.20. The van der Waals surface area contributed by atoms with Crippen molar-refractivity contribution in [3.63, 3.8) is 0 Å². The van der Waals surface area contributed by atoms with Crippen LogP contribution in [-0.2, 0) is 11.3 Å². The van der Waals surface area contributed by atoms with E-state index in [-0.39, 0.29) is 16.7 Å². The van der Waals surface area contributed by atoms with E-state index in [1.165, 1.54) is 30.2 Å². The Morgan fingerprint density at radius 2 is 1.94 bits per heavy atom. The molecule has 0 saturated carbocycles. The van der Waals surface area contributed by atoms with Crippen LogP contribution in [0.15, 0.2) is 33.7 Å². The topological polar surface area (TPSA) is 82.5 Å². The molecule has 7 nitrogen and oxygen atoms in total. The van der Waals surface area contributed by atoms with Gasteiger partial charge in [-0.15, -0.1) is 0 Å². The van der Waals surface area contributed by atoms with Gasteiger partial charge in [0.2, 0.25) is 5.91 Å². The van der Waals surface area contributed by atoms with Crippen LogP contribution in [-0.4, -0.2) is 41.5 Å². The molecule has 2 aromatic rings. The Labute approximate surface area is 192 Å². The number of thioether (sulfide) groups is 1. The number of carbonyl (C=O) groups is 1. The first-order valence-corrected chi connectivity index (χ1v) is 12.3. The summed E-state index contributed by atoms with van der Waals surface area (Å²) in [4.78, 5) is 31.0. The Bertz CT molecular complexity index is 1080. The minimum absolute atomic E-state index is 0.0238. The summed E-state index contributed by atoms with van der Waals surface area (Å²) < 4.78 is 12.6. The van der Waals surface area contributed by atoms with E-state index in [9.17, 15) is 9.59 Å². The molecule has 1 fully saturated rings. The van der Waals surface area contributed by atoms with Crippen LogP contribution in [0, 0.1) is 0 Å². The van der Waals surface area contributed by atoms with Crippen molar-refractivity contribution in [2.75, 3.05) is 20.8 Å². The van der Waals surface area contributed by atoms with Gasteiger partial charge in [0.05, 0.1) is 30.4 Å². The van der Waals surface area contributed by atoms with E-state index in [4.69, 9.17) is 14.5 Å². The van der Waals surface area contributed by atoms with Crippen molar-refractivity contribution in [3.8, 4) is 11.5 Å². The van der Waals surface area contributed by atoms with Crippen molar-refractivity contribution < 1.29 is 14.3 Å². The van der Waals surface area contributed by atoms with Crippen LogP contribution in [0.1, 0.15) is 51.4 Å². The summed E-state index contributed by atoms with van der Waals surface area (Å²) in [5.74, 6) is 1.06. The van der Waals surface area contributed by atoms with Gasteiger partial charge in [-0.1, -0.05) is 29.8 Å². The van der Waals surface area contributed by atoms with E-state index in [1.807, 2.05) is 0 Å². The number of ether oxygens (including phenoxy) is 2. The lowest BCUT2D eigenvalue weighted by Crippen LogP contribution is -2.32. The maximum atomic E-state index is 13.6. The van der Waals surface area contributed by atoms with E-state index in [0.29, 0.717) is 40.6 Å². The predicted octanol–water partition coefficient (Wildman–Crippen LogP) is 4.07. The maximum Gasteiger partial charge on any atom is 0.262 e. The predicted molar refractivity (Wildman–Crippen MR) is 127 cm³/mol. The van der Waals surface area contributed by atoms with Gasteiger partial charge in [-0.05, 0) is 51.0 Å². The van der Waals surface area contributed by atoms with Gasteiger partial charge < -0.3 is 14.8 Å². The van der Waals surface area contributed by atoms with Crippen LogP contribution in [0.4, 0.5) is 0 Å². The second-order valence-electron chi connectivity index (χ2n) is 8.33. The molecule has 1 aromatic carbocycles. The van der Waals surface area contributed by atoms with E-state index in [0.717, 1.165) is 38.5 Å². The van der Waals surface area contributed by atoms with Crippen LogP contribution in [0.25, 0.3) is 10.9 Å². The van der Waals surface area contributed by atoms with Gasteiger partial charge in [-0.3, -0.25) is 14.2 Å². The molecule has 0 bridgehead atoms. The molecule has 1 saturated heterocycles. The molecule has 2 aliphatic rings. The summed E-state index contributed by atoms with van der Waals surface area (Å²) in [5, 5.41) is 3.82. The second kappa shape index (κ2) is 10.4. The molecule has 1 atom stereocenters. The molecule has 1 aromatic heterocycles. The molecule has 1 aliphatic carbocycles. The third kappa shape index (κ3) is 4.95. The number of benzene rings is 1. The fraction of sp³-hybridized carbons (Fsp3) is 0.542. The Balaban J connectivity index is 1.75. The summed E-state index contributed by atoms with van der Waals surface area (Å²) in [7, 11) is 3.12. The van der Waals surface area contributed by atoms with Gasteiger partial charge in [0.15, 0.2) is 16.7 Å². The zero-order valence-corrected chi connectivity index (χ0v) is 19.6. The van der Waals surface area contributed by atoms with Gasteiger partial charge in [0.25, 0.3) is 5.56 Å². The van der Waals surface area contributed by atoms with Crippen molar-refractivity contribution in [2.24, 2.45) is 0 Å². The molecule has 0 radical (unpaired) electrons. The third-order valence-corrected chi connectivity index (χ3v) is 7.46. The maximum absolute atomic E-state index is 13.6. The van der Waals surface area contributed by atoms with Crippen LogP contribution in [0.2, 0.25) is 0 Å². The fourth-order valence-electron chi connectivity index (χ4n) is 4.35. The Morgan fingerprint density at radius 3 is 2.69 bits per heavy atom. The highest BCUT2D eigenvalue weighted by molar-refractivity contribution is 8.00. The summed E-state index contributed by atoms with van der Waals surface area (Å²) in [6, 6.07) is 3.44. The fourth-order valence-corrected chi connectivity index (χ4v) is 5.53. The minimum Gasteiger partial charge on any atom is -0.493 e. The Hall–Kier alpha value is -2.48. The number of amides is 1. The zero-order valence-electron chi connectivity index (χ0n) is 18.8. The van der Waals surface area contributed by atoms with Crippen LogP contribution < -0.4 is 20.3 Å². The zero-order chi connectivity index (χ0) is 22.5. The number of fused-ring (bicyclic) bond motifs is 1. The number of rotatable bonds is 7. The smallest absolute Gasteiger partial charge is 0.262 e. The number of aromatic nitrogens is 2. The number of methoxy groups -OCH3 is 2. The molecular formula is C24H31N3O4S. The van der Waals surface area contributed by atoms with Crippen LogP contribution in [0.3, 0.4) is 0 Å². The molecule has 1 amide bonds. The van der Waals surface area contributed by atoms with E-state index >= 15 is 0 Å². The number of allylic oxidation sites excluding steroid dienone is 2. The SMILES string of the molecule is COc1cc2nc(SC3CCCCNC3=O)n(CCC3=CCCCC3)c(=O)c2cc1OC. The molecule has 8 heteroatoms. The Kier molecular flexibility index (Phi) is 7.40. The summed E-state index contributed by atoms with van der Waals surface area (Å²) in [6.45, 7) is 1.26. The highest BCUT2D eigenvalue weighted by atomic mass is 32.2. The summed E-state index contributed by atoms with van der Waals surface area (Å²) in [6.07, 6.45) is 10.5. The van der Waals surface area contributed by atoms with Gasteiger partial charge in [-0.25, -0.2) is 4.98 Å². The molecule has 1 aliphatic heterocycles. The van der Waals surface area contributed by atoms with Gasteiger partial charge in [0, 0.05) is 19.2 Å². The summed E-state index contributed by atoms with van der Waals surface area (Å²) >= 11 is 1.40. The lowest BCUT2D eigenvalue weighted by molar-refractivity contribution is -0.120. The first kappa shape index (κ1) is 22.7. The molecule has 0 spiro atoms. The largest absolute Gasteiger partial charge is 0.493 e. The van der Waals surface area contributed by atoms with Crippen molar-refractivity contribution >= 4 is 28.6 Å². The van der Waals surface area contributed by atoms with Crippen LogP contribution >= 0.6 is 11.8 Å². The number of hydrogen-bond acceptors (Lipinski definition) is 6. The Morgan fingerprint density at radius 1 is 1.12 bits per heavy atom. The number of nitrogens with zero attached hydrogens (tertiary/aromatic N) is 2. The molecule has 2 heterocycles. The molecule has 4 rings (SSSR count). The summed E-state index contributed by atoms with van der Waals surface area (Å²) in [5.41, 5.74) is 1.85. The normalized spacial score (nSPS) is 19.2. The lowest BCUT2D eigenvalue weighted by atomic mass is 9.97. The average Bonchev–Trinajstić information content (AvgIpc) is 3.02. The molecule has 172 valence electrons. The number of carbonyl (C=O) groups excluding carboxylic acids is 1. The van der Waals surface area contributed by atoms with Gasteiger partial charge in [0.1, 0.15) is 0 Å².